The average molecular weight is 405 g/mol. The normalized spacial score (nSPS) is 15.7. The molecule has 0 aliphatic rings. The summed E-state index contributed by atoms with van der Waals surface area (Å²) in [5.41, 5.74) is 0. The molecule has 1 atom stereocenters. The van der Waals surface area contributed by atoms with Crippen LogP contribution in [0.25, 0.3) is 0 Å². The second-order valence-electron chi connectivity index (χ2n) is 8.59. The van der Waals surface area contributed by atoms with E-state index in [2.05, 4.69) is 31.2 Å². The van der Waals surface area contributed by atoms with Gasteiger partial charge in [-0.25, -0.2) is 0 Å². The molecule has 0 bridgehead atoms. The van der Waals surface area contributed by atoms with Crippen molar-refractivity contribution in [2.24, 2.45) is 0 Å². The average Bonchev–Trinajstić information content (AvgIpc) is 2.52. The maximum atomic E-state index is 11.7. The van der Waals surface area contributed by atoms with Gasteiger partial charge in [0.2, 0.25) is 5.34 Å². The number of quaternary nitrogens is 1. The minimum absolute atomic E-state index is 0.0408. The summed E-state index contributed by atoms with van der Waals surface area (Å²) in [6, 6.07) is 0. The summed E-state index contributed by atoms with van der Waals surface area (Å²) in [4.78, 5) is 19.1. The van der Waals surface area contributed by atoms with Crippen molar-refractivity contribution < 1.29 is 23.9 Å². The molecule has 0 fully saturated rings. The number of unbranched alkanes of at least 4 members (excludes halogenated alkanes) is 7. The van der Waals surface area contributed by atoms with E-state index < -0.39 is 12.9 Å². The summed E-state index contributed by atoms with van der Waals surface area (Å²) < 4.78 is 12.0. The highest BCUT2D eigenvalue weighted by molar-refractivity contribution is 7.53. The molecule has 0 aromatic heterocycles. The molecule has 160 valence electrons. The maximum absolute atomic E-state index is 11.7. The number of rotatable bonds is 16. The molecular formula is C21H43NO4P+. The van der Waals surface area contributed by atoms with Gasteiger partial charge in [0.25, 0.3) is 0 Å². The number of hydrogen-bond acceptors (Lipinski definition) is 2. The van der Waals surface area contributed by atoms with Gasteiger partial charge in [-0.3, -0.25) is 4.57 Å². The van der Waals surface area contributed by atoms with E-state index in [1.54, 1.807) is 0 Å². The largest absolute Gasteiger partial charge is 0.373 e. The standard InChI is InChI=1S/C21H42NO4P/c1-5-6-7-8-9-10-11-12-13-14-15-16-17-18-19-21(23,27(24,25)26)20-22(2,3)4/h9-10,14-15,23H,5-8,11-13,16-20H2,1-4H3,(H-,24,25,26)/p+1/b10-9-,15-14-. The van der Waals surface area contributed by atoms with Crippen LogP contribution in [0, 0.1) is 0 Å². The molecule has 1 unspecified atom stereocenters. The van der Waals surface area contributed by atoms with Gasteiger partial charge in [-0.1, -0.05) is 44.1 Å². The van der Waals surface area contributed by atoms with E-state index in [1.807, 2.05) is 21.1 Å². The molecule has 0 heterocycles. The second kappa shape index (κ2) is 13.7. The fourth-order valence-corrected chi connectivity index (χ4v) is 4.14. The first-order chi connectivity index (χ1) is 12.5. The van der Waals surface area contributed by atoms with E-state index in [-0.39, 0.29) is 13.0 Å². The Morgan fingerprint density at radius 2 is 1.26 bits per heavy atom. The third-order valence-corrected chi connectivity index (χ3v) is 5.97. The lowest BCUT2D eigenvalue weighted by Gasteiger charge is -2.35. The monoisotopic (exact) mass is 404 g/mol. The van der Waals surface area contributed by atoms with Crippen LogP contribution >= 0.6 is 7.60 Å². The molecule has 0 aromatic rings. The summed E-state index contributed by atoms with van der Waals surface area (Å²) in [7, 11) is 0.914. The van der Waals surface area contributed by atoms with Crippen molar-refractivity contribution in [3.05, 3.63) is 24.3 Å². The van der Waals surface area contributed by atoms with Crippen molar-refractivity contribution in [3.8, 4) is 0 Å². The molecule has 0 saturated heterocycles. The molecule has 0 aliphatic heterocycles. The first kappa shape index (κ1) is 26.6. The third kappa shape index (κ3) is 14.2. The van der Waals surface area contributed by atoms with E-state index in [9.17, 15) is 19.5 Å². The fourth-order valence-electron chi connectivity index (χ4n) is 3.08. The minimum atomic E-state index is -4.56. The smallest absolute Gasteiger partial charge is 0.362 e. The van der Waals surface area contributed by atoms with Gasteiger partial charge in [-0.05, 0) is 57.8 Å². The Balaban J connectivity index is 3.93. The number of allylic oxidation sites excluding steroid dienone is 4. The van der Waals surface area contributed by atoms with Crippen molar-refractivity contribution in [2.75, 3.05) is 27.7 Å². The van der Waals surface area contributed by atoms with Gasteiger partial charge in [0.05, 0.1) is 21.1 Å². The zero-order chi connectivity index (χ0) is 20.8. The van der Waals surface area contributed by atoms with Gasteiger partial charge in [0.15, 0.2) is 0 Å². The van der Waals surface area contributed by atoms with E-state index in [4.69, 9.17) is 0 Å². The number of aliphatic hydroxyl groups is 1. The van der Waals surface area contributed by atoms with Crippen LogP contribution in [0.4, 0.5) is 0 Å². The van der Waals surface area contributed by atoms with Crippen LogP contribution in [0.15, 0.2) is 24.3 Å². The predicted octanol–water partition coefficient (Wildman–Crippen LogP) is 4.98. The Labute approximate surface area is 166 Å². The van der Waals surface area contributed by atoms with Crippen molar-refractivity contribution in [3.63, 3.8) is 0 Å². The van der Waals surface area contributed by atoms with Gasteiger partial charge >= 0.3 is 7.60 Å². The molecule has 27 heavy (non-hydrogen) atoms. The lowest BCUT2D eigenvalue weighted by Crippen LogP contribution is -2.49. The van der Waals surface area contributed by atoms with E-state index >= 15 is 0 Å². The van der Waals surface area contributed by atoms with E-state index in [1.165, 1.54) is 25.7 Å². The lowest BCUT2D eigenvalue weighted by molar-refractivity contribution is -0.875. The topological polar surface area (TPSA) is 77.8 Å². The van der Waals surface area contributed by atoms with E-state index in [0.717, 1.165) is 32.1 Å². The molecule has 6 heteroatoms. The maximum Gasteiger partial charge on any atom is 0.362 e. The highest BCUT2D eigenvalue weighted by atomic mass is 31.2. The molecule has 0 spiro atoms. The zero-order valence-electron chi connectivity index (χ0n) is 17.9. The van der Waals surface area contributed by atoms with Crippen LogP contribution in [0.1, 0.15) is 77.6 Å². The fraction of sp³-hybridized carbons (Fsp3) is 0.810. The van der Waals surface area contributed by atoms with Crippen molar-refractivity contribution in [1.29, 1.82) is 0 Å². The van der Waals surface area contributed by atoms with Crippen molar-refractivity contribution >= 4 is 7.60 Å². The summed E-state index contributed by atoms with van der Waals surface area (Å²) >= 11 is 0. The number of hydrogen-bond donors (Lipinski definition) is 3. The molecule has 3 N–H and O–H groups in total. The molecule has 0 aromatic carbocycles. The van der Waals surface area contributed by atoms with Crippen molar-refractivity contribution in [1.82, 2.24) is 0 Å². The second-order valence-corrected chi connectivity index (χ2v) is 10.5. The summed E-state index contributed by atoms with van der Waals surface area (Å²) in [5, 5.41) is 8.54. The van der Waals surface area contributed by atoms with Crippen LogP contribution in [0.5, 0.6) is 0 Å². The Morgan fingerprint density at radius 3 is 1.67 bits per heavy atom. The molecule has 0 rings (SSSR count). The summed E-state index contributed by atoms with van der Waals surface area (Å²) in [6.07, 6.45) is 19.7. The quantitative estimate of drug-likeness (QED) is 0.147. The van der Waals surface area contributed by atoms with Gasteiger partial charge in [-0.15, -0.1) is 0 Å². The van der Waals surface area contributed by atoms with Crippen LogP contribution in [0.2, 0.25) is 0 Å². The Bertz CT molecular complexity index is 479. The third-order valence-electron chi connectivity index (χ3n) is 4.52. The first-order valence-corrected chi connectivity index (χ1v) is 12.0. The van der Waals surface area contributed by atoms with Crippen LogP contribution in [-0.4, -0.2) is 52.4 Å². The Kier molecular flexibility index (Phi) is 13.5. The molecule has 0 saturated carbocycles. The SMILES string of the molecule is CCCCC/C=C\CCC/C=C\CCCCC(O)(C[N+](C)(C)C)P(=O)(O)O. The number of nitrogens with zero attached hydrogens (tertiary/aromatic N) is 1. The molecule has 0 amide bonds. The molecular weight excluding hydrogens is 361 g/mol. The van der Waals surface area contributed by atoms with Gasteiger partial charge < -0.3 is 19.4 Å². The van der Waals surface area contributed by atoms with Crippen LogP contribution in [0.3, 0.4) is 0 Å². The molecule has 5 nitrogen and oxygen atoms in total. The highest BCUT2D eigenvalue weighted by Gasteiger charge is 2.48. The predicted molar refractivity (Wildman–Crippen MR) is 115 cm³/mol. The Morgan fingerprint density at radius 1 is 0.815 bits per heavy atom. The lowest BCUT2D eigenvalue weighted by atomic mass is 10.1. The van der Waals surface area contributed by atoms with Gasteiger partial charge in [-0.2, -0.15) is 0 Å². The van der Waals surface area contributed by atoms with Crippen LogP contribution in [-0.2, 0) is 4.57 Å². The zero-order valence-corrected chi connectivity index (χ0v) is 18.8. The molecule has 0 aliphatic carbocycles. The first-order valence-electron chi connectivity index (χ1n) is 10.4. The Hall–Kier alpha value is -0.450. The van der Waals surface area contributed by atoms with Crippen LogP contribution < -0.4 is 0 Å². The van der Waals surface area contributed by atoms with Gasteiger partial charge in [0, 0.05) is 0 Å². The summed E-state index contributed by atoms with van der Waals surface area (Å²) in [5.74, 6) is 0. The summed E-state index contributed by atoms with van der Waals surface area (Å²) in [6.45, 7) is 2.26. The molecule has 0 radical (unpaired) electrons. The number of likely N-dealkylation sites (N-methyl/N-ethyl adjacent to an activating group) is 1. The highest BCUT2D eigenvalue weighted by Crippen LogP contribution is 2.52. The van der Waals surface area contributed by atoms with Crippen molar-refractivity contribution in [2.45, 2.75) is 82.9 Å². The minimum Gasteiger partial charge on any atom is -0.373 e. The van der Waals surface area contributed by atoms with E-state index in [0.29, 0.717) is 10.9 Å². The van der Waals surface area contributed by atoms with Gasteiger partial charge in [0.1, 0.15) is 6.54 Å².